The molecule has 1 aliphatic carbocycles. The van der Waals surface area contributed by atoms with Gasteiger partial charge in [0.2, 0.25) is 5.91 Å². The molecule has 3 aromatic rings. The van der Waals surface area contributed by atoms with Gasteiger partial charge in [-0.15, -0.1) is 0 Å². The van der Waals surface area contributed by atoms with E-state index in [9.17, 15) is 4.79 Å². The van der Waals surface area contributed by atoms with Crippen LogP contribution in [0.2, 0.25) is 0 Å². The lowest BCUT2D eigenvalue weighted by molar-refractivity contribution is -0.114. The summed E-state index contributed by atoms with van der Waals surface area (Å²) in [7, 11) is 0. The van der Waals surface area contributed by atoms with Gasteiger partial charge in [0, 0.05) is 11.4 Å². The summed E-state index contributed by atoms with van der Waals surface area (Å²) in [6.45, 7) is 2.28. The number of aryl methyl sites for hydroxylation is 1. The highest BCUT2D eigenvalue weighted by Gasteiger charge is 2.17. The molecule has 0 spiro atoms. The first-order chi connectivity index (χ1) is 12.2. The highest BCUT2D eigenvalue weighted by molar-refractivity contribution is 5.93. The summed E-state index contributed by atoms with van der Waals surface area (Å²) in [5.74, 6) is -0.0485. The van der Waals surface area contributed by atoms with Crippen molar-refractivity contribution in [1.29, 1.82) is 0 Å². The van der Waals surface area contributed by atoms with E-state index >= 15 is 0 Å². The van der Waals surface area contributed by atoms with Crippen molar-refractivity contribution in [2.45, 2.75) is 13.3 Å². The van der Waals surface area contributed by atoms with Crippen LogP contribution in [0.5, 0.6) is 0 Å². The molecular weight excluding hydrogens is 308 g/mol. The van der Waals surface area contributed by atoms with Crippen molar-refractivity contribution in [3.63, 3.8) is 0 Å². The molecule has 0 aliphatic heterocycles. The van der Waals surface area contributed by atoms with Gasteiger partial charge in [-0.05, 0) is 59.9 Å². The van der Waals surface area contributed by atoms with E-state index in [4.69, 9.17) is 0 Å². The van der Waals surface area contributed by atoms with Crippen LogP contribution in [0.15, 0.2) is 66.7 Å². The van der Waals surface area contributed by atoms with Gasteiger partial charge in [-0.2, -0.15) is 0 Å². The Labute approximate surface area is 147 Å². The molecule has 0 radical (unpaired) electrons. The van der Waals surface area contributed by atoms with Gasteiger partial charge in [-0.3, -0.25) is 4.79 Å². The second-order valence-electron chi connectivity index (χ2n) is 6.47. The fourth-order valence-electron chi connectivity index (χ4n) is 3.28. The van der Waals surface area contributed by atoms with E-state index in [1.165, 1.54) is 27.8 Å². The maximum atomic E-state index is 12.1. The Kier molecular flexibility index (Phi) is 3.98. The van der Waals surface area contributed by atoms with Crippen molar-refractivity contribution < 1.29 is 4.79 Å². The van der Waals surface area contributed by atoms with E-state index in [2.05, 4.69) is 47.0 Å². The molecule has 1 aliphatic rings. The number of hydrogen-bond acceptors (Lipinski definition) is 2. The van der Waals surface area contributed by atoms with Gasteiger partial charge in [-0.1, -0.05) is 48.0 Å². The Balaban J connectivity index is 1.40. The molecule has 25 heavy (non-hydrogen) atoms. The predicted octanol–water partition coefficient (Wildman–Crippen LogP) is 4.62. The monoisotopic (exact) mass is 328 g/mol. The third-order valence-corrected chi connectivity index (χ3v) is 4.58. The maximum absolute atomic E-state index is 12.1. The van der Waals surface area contributed by atoms with Crippen LogP contribution in [0.1, 0.15) is 16.7 Å². The molecule has 0 saturated heterocycles. The predicted molar refractivity (Wildman–Crippen MR) is 103 cm³/mol. The average molecular weight is 328 g/mol. The third-order valence-electron chi connectivity index (χ3n) is 4.58. The lowest BCUT2D eigenvalue weighted by Crippen LogP contribution is -2.21. The minimum absolute atomic E-state index is 0.0485. The average Bonchev–Trinajstić information content (AvgIpc) is 3.00. The van der Waals surface area contributed by atoms with Crippen LogP contribution in [0.25, 0.3) is 11.1 Å². The lowest BCUT2D eigenvalue weighted by Gasteiger charge is -2.10. The largest absolute Gasteiger partial charge is 0.376 e. The normalized spacial score (nSPS) is 11.6. The van der Waals surface area contributed by atoms with Gasteiger partial charge in [-0.25, -0.2) is 0 Å². The summed E-state index contributed by atoms with van der Waals surface area (Å²) in [5, 5.41) is 6.12. The molecule has 2 N–H and O–H groups in total. The number of fused-ring (bicyclic) bond motifs is 3. The second-order valence-corrected chi connectivity index (χ2v) is 6.47. The number of nitrogens with one attached hydrogen (secondary N) is 2. The Morgan fingerprint density at radius 3 is 2.44 bits per heavy atom. The molecule has 3 heteroatoms. The molecule has 0 aromatic heterocycles. The van der Waals surface area contributed by atoms with Crippen molar-refractivity contribution in [2.75, 3.05) is 17.2 Å². The minimum atomic E-state index is -0.0485. The molecule has 3 nitrogen and oxygen atoms in total. The number of carbonyl (C=O) groups is 1. The molecular formula is C22H20N2O. The van der Waals surface area contributed by atoms with Crippen LogP contribution < -0.4 is 10.6 Å². The maximum Gasteiger partial charge on any atom is 0.243 e. The Morgan fingerprint density at radius 2 is 1.60 bits per heavy atom. The van der Waals surface area contributed by atoms with E-state index in [-0.39, 0.29) is 12.5 Å². The van der Waals surface area contributed by atoms with Gasteiger partial charge in [0.1, 0.15) is 0 Å². The number of anilines is 2. The summed E-state index contributed by atoms with van der Waals surface area (Å²) in [4.78, 5) is 12.1. The van der Waals surface area contributed by atoms with Crippen LogP contribution in [0.4, 0.5) is 11.4 Å². The Morgan fingerprint density at radius 1 is 0.880 bits per heavy atom. The zero-order valence-corrected chi connectivity index (χ0v) is 14.2. The van der Waals surface area contributed by atoms with Gasteiger partial charge >= 0.3 is 0 Å². The second kappa shape index (κ2) is 6.44. The Hall–Kier alpha value is -3.07. The van der Waals surface area contributed by atoms with Gasteiger partial charge in [0.15, 0.2) is 0 Å². The number of benzene rings is 3. The topological polar surface area (TPSA) is 41.1 Å². The lowest BCUT2D eigenvalue weighted by atomic mass is 10.1. The fraction of sp³-hybridized carbons (Fsp3) is 0.136. The van der Waals surface area contributed by atoms with Crippen molar-refractivity contribution in [3.05, 3.63) is 83.4 Å². The van der Waals surface area contributed by atoms with Crippen molar-refractivity contribution >= 4 is 17.3 Å². The van der Waals surface area contributed by atoms with E-state index in [0.29, 0.717) is 0 Å². The summed E-state index contributed by atoms with van der Waals surface area (Å²) in [5.41, 5.74) is 8.27. The third kappa shape index (κ3) is 3.26. The summed E-state index contributed by atoms with van der Waals surface area (Å²) < 4.78 is 0. The number of carbonyl (C=O) groups excluding carboxylic acids is 1. The zero-order chi connectivity index (χ0) is 17.2. The van der Waals surface area contributed by atoms with E-state index in [1.54, 1.807) is 0 Å². The van der Waals surface area contributed by atoms with Crippen molar-refractivity contribution in [2.24, 2.45) is 0 Å². The number of hydrogen-bond donors (Lipinski definition) is 2. The molecule has 0 fully saturated rings. The highest BCUT2D eigenvalue weighted by Crippen LogP contribution is 2.37. The number of rotatable bonds is 4. The Bertz CT molecular complexity index is 929. The smallest absolute Gasteiger partial charge is 0.243 e. The van der Waals surface area contributed by atoms with E-state index < -0.39 is 0 Å². The molecule has 4 rings (SSSR count). The zero-order valence-electron chi connectivity index (χ0n) is 14.2. The quantitative estimate of drug-likeness (QED) is 0.574. The fourth-order valence-corrected chi connectivity index (χ4v) is 3.28. The molecule has 0 unspecified atom stereocenters. The van der Waals surface area contributed by atoms with Crippen molar-refractivity contribution in [3.8, 4) is 11.1 Å². The van der Waals surface area contributed by atoms with Crippen LogP contribution in [0.3, 0.4) is 0 Å². The molecule has 3 aromatic carbocycles. The summed E-state index contributed by atoms with van der Waals surface area (Å²) in [6.07, 6.45) is 0.955. The van der Waals surface area contributed by atoms with E-state index in [0.717, 1.165) is 17.8 Å². The first kappa shape index (κ1) is 15.5. The molecule has 0 bridgehead atoms. The van der Waals surface area contributed by atoms with Crippen LogP contribution in [0, 0.1) is 6.92 Å². The molecule has 124 valence electrons. The first-order valence-electron chi connectivity index (χ1n) is 8.51. The molecule has 1 amide bonds. The highest BCUT2D eigenvalue weighted by atomic mass is 16.1. The van der Waals surface area contributed by atoms with Crippen molar-refractivity contribution in [1.82, 2.24) is 0 Å². The van der Waals surface area contributed by atoms with Crippen LogP contribution in [-0.2, 0) is 11.2 Å². The minimum Gasteiger partial charge on any atom is -0.376 e. The summed E-state index contributed by atoms with van der Waals surface area (Å²) >= 11 is 0. The van der Waals surface area contributed by atoms with Crippen LogP contribution >= 0.6 is 0 Å². The van der Waals surface area contributed by atoms with Gasteiger partial charge in [0.05, 0.1) is 6.54 Å². The standard InChI is InChI=1S/C22H20N2O/c1-15-6-8-18(9-7-15)24-22(25)14-23-19-10-11-21-17(13-19)12-16-4-2-3-5-20(16)21/h2-11,13,23H,12,14H2,1H3,(H,24,25). The SMILES string of the molecule is Cc1ccc(NC(=O)CNc2ccc3c(c2)Cc2ccccc2-3)cc1. The van der Waals surface area contributed by atoms with Gasteiger partial charge < -0.3 is 10.6 Å². The first-order valence-corrected chi connectivity index (χ1v) is 8.51. The van der Waals surface area contributed by atoms with E-state index in [1.807, 2.05) is 37.3 Å². The number of amides is 1. The molecule has 0 atom stereocenters. The molecule has 0 heterocycles. The summed E-state index contributed by atoms with van der Waals surface area (Å²) in [6, 6.07) is 22.6. The molecule has 0 saturated carbocycles. The van der Waals surface area contributed by atoms with Gasteiger partial charge in [0.25, 0.3) is 0 Å². The van der Waals surface area contributed by atoms with Crippen LogP contribution in [-0.4, -0.2) is 12.5 Å².